The summed E-state index contributed by atoms with van der Waals surface area (Å²) in [5, 5.41) is 16.7. The number of allylic oxidation sites excluding steroid dienone is 1. The molecular weight excluding hydrogens is 494 g/mol. The van der Waals surface area contributed by atoms with Gasteiger partial charge in [0.05, 0.1) is 10.9 Å². The lowest BCUT2D eigenvalue weighted by Crippen LogP contribution is -2.73. The van der Waals surface area contributed by atoms with E-state index in [1.165, 1.54) is 17.1 Å². The predicted molar refractivity (Wildman–Crippen MR) is 116 cm³/mol. The lowest BCUT2D eigenvalue weighted by Gasteiger charge is -2.49. The Labute approximate surface area is 198 Å². The molecule has 178 valence electrons. The van der Waals surface area contributed by atoms with E-state index in [4.69, 9.17) is 5.73 Å². The van der Waals surface area contributed by atoms with Crippen molar-refractivity contribution in [2.24, 2.45) is 5.16 Å². The second kappa shape index (κ2) is 9.72. The van der Waals surface area contributed by atoms with Gasteiger partial charge in [0.1, 0.15) is 17.4 Å². The number of hydrogen-bond acceptors (Lipinski definition) is 9. The Morgan fingerprint density at radius 2 is 2.12 bits per heavy atom. The Morgan fingerprint density at radius 3 is 2.74 bits per heavy atom. The van der Waals surface area contributed by atoms with Crippen LogP contribution in [-0.4, -0.2) is 62.9 Å². The first-order valence-electron chi connectivity index (χ1n) is 9.67. The molecule has 2 amide bonds. The van der Waals surface area contributed by atoms with Gasteiger partial charge in [0.2, 0.25) is 0 Å². The van der Waals surface area contributed by atoms with Crippen molar-refractivity contribution in [3.63, 3.8) is 0 Å². The van der Waals surface area contributed by atoms with Gasteiger partial charge in [-0.1, -0.05) is 11.2 Å². The number of thioether (sulfide) groups is 1. The molecule has 0 spiro atoms. The maximum atomic E-state index is 12.8. The minimum absolute atomic E-state index is 0.0715. The van der Waals surface area contributed by atoms with Crippen LogP contribution in [0.3, 0.4) is 0 Å². The van der Waals surface area contributed by atoms with Gasteiger partial charge in [-0.15, -0.1) is 23.1 Å². The number of β-lactam (4-membered cyclic amide) rings is 1. The van der Waals surface area contributed by atoms with Crippen molar-refractivity contribution in [3.8, 4) is 0 Å². The highest BCUT2D eigenvalue weighted by Gasteiger charge is 2.54. The van der Waals surface area contributed by atoms with E-state index in [0.717, 1.165) is 16.2 Å². The van der Waals surface area contributed by atoms with E-state index in [9.17, 15) is 28.3 Å². The van der Waals surface area contributed by atoms with E-state index in [1.807, 2.05) is 6.07 Å². The fraction of sp³-hybridized carbons (Fsp3) is 0.263. The molecule has 0 aromatic carbocycles. The maximum absolute atomic E-state index is 12.8. The quantitative estimate of drug-likeness (QED) is 0.199. The van der Waals surface area contributed by atoms with Crippen LogP contribution in [0.2, 0.25) is 0 Å². The van der Waals surface area contributed by atoms with Gasteiger partial charge in [-0.3, -0.25) is 14.5 Å². The molecule has 2 aliphatic heterocycles. The lowest BCUT2D eigenvalue weighted by molar-refractivity contribution is -0.687. The van der Waals surface area contributed by atoms with Crippen LogP contribution in [0.5, 0.6) is 0 Å². The number of halogens is 2. The summed E-state index contributed by atoms with van der Waals surface area (Å²) in [5.74, 6) is -2.58. The molecule has 2 aromatic rings. The molecule has 4 N–H and O–H groups in total. The lowest BCUT2D eigenvalue weighted by atomic mass is 9.94. The number of alkyl halides is 2. The van der Waals surface area contributed by atoms with Crippen LogP contribution < -0.4 is 15.6 Å². The van der Waals surface area contributed by atoms with Gasteiger partial charge >= 0.3 is 12.6 Å². The molecule has 0 saturated carbocycles. The zero-order valence-electron chi connectivity index (χ0n) is 17.1. The molecule has 34 heavy (non-hydrogen) atoms. The Kier molecular flexibility index (Phi) is 6.74. The number of pyridine rings is 1. The number of carboxylic acids is 1. The average molecular weight is 512 g/mol. The zero-order chi connectivity index (χ0) is 24.4. The third-order valence-corrected chi connectivity index (χ3v) is 6.80. The molecular formula is C19H17F2N6O5S2+. The average Bonchev–Trinajstić information content (AvgIpc) is 3.23. The molecule has 1 fully saturated rings. The third kappa shape index (κ3) is 4.70. The summed E-state index contributed by atoms with van der Waals surface area (Å²) in [6.07, 6.45) is 3.54. The van der Waals surface area contributed by atoms with Crippen molar-refractivity contribution in [3.05, 3.63) is 52.3 Å². The van der Waals surface area contributed by atoms with E-state index < -0.39 is 42.2 Å². The molecule has 2 aliphatic rings. The van der Waals surface area contributed by atoms with E-state index in [2.05, 4.69) is 20.3 Å². The van der Waals surface area contributed by atoms with Gasteiger partial charge in [-0.05, 0) is 0 Å². The van der Waals surface area contributed by atoms with Gasteiger partial charge in [0, 0.05) is 23.3 Å². The minimum atomic E-state index is -3.28. The normalized spacial score (nSPS) is 20.1. The highest BCUT2D eigenvalue weighted by atomic mass is 32.2. The number of nitrogens with one attached hydrogen (secondary N) is 1. The van der Waals surface area contributed by atoms with Crippen molar-refractivity contribution in [2.45, 2.75) is 25.2 Å². The molecule has 11 nitrogen and oxygen atoms in total. The fourth-order valence-corrected chi connectivity index (χ4v) is 5.31. The third-order valence-electron chi connectivity index (χ3n) is 4.95. The largest absolute Gasteiger partial charge is 0.477 e. The number of aliphatic carboxylic acids is 1. The number of nitrogens with zero attached hydrogens (tertiary/aromatic N) is 4. The van der Waals surface area contributed by atoms with Crippen molar-refractivity contribution >= 4 is 51.7 Å². The SMILES string of the molecule is Nc1nc(C(=NOC(F)F)C(=O)NC2C(=O)N3C(C(=O)O)=C(C[n+]4ccccc4)SCC23)cs1. The summed E-state index contributed by atoms with van der Waals surface area (Å²) >= 11 is 2.22. The zero-order valence-corrected chi connectivity index (χ0v) is 18.8. The first kappa shape index (κ1) is 23.6. The second-order valence-electron chi connectivity index (χ2n) is 7.04. The maximum Gasteiger partial charge on any atom is 0.407 e. The fourth-order valence-electron chi connectivity index (χ4n) is 3.49. The predicted octanol–water partition coefficient (Wildman–Crippen LogP) is 0.395. The van der Waals surface area contributed by atoms with Gasteiger partial charge in [-0.2, -0.15) is 8.78 Å². The Hall–Kier alpha value is -3.59. The summed E-state index contributed by atoms with van der Waals surface area (Å²) in [5.41, 5.74) is 4.69. The van der Waals surface area contributed by atoms with Crippen LogP contribution >= 0.6 is 23.1 Å². The summed E-state index contributed by atoms with van der Waals surface area (Å²) in [6, 6.07) is 3.70. The van der Waals surface area contributed by atoms with Crippen LogP contribution in [0, 0.1) is 0 Å². The van der Waals surface area contributed by atoms with Crippen molar-refractivity contribution < 1.29 is 37.7 Å². The molecule has 4 heterocycles. The standard InChI is InChI=1S/C19H16F2N6O5S2/c20-18(21)32-25-12(9-7-34-19(22)23-9)15(28)24-13-10-8-33-11(6-26-4-2-1-3-5-26)14(17(30)31)27(10)16(13)29/h1-5,7,10,13,18H,6,8H2,(H3-,22,23,24,28,30,31)/p+1. The molecule has 4 rings (SSSR count). The molecule has 2 unspecified atom stereocenters. The summed E-state index contributed by atoms with van der Waals surface area (Å²) in [4.78, 5) is 46.9. The van der Waals surface area contributed by atoms with Gasteiger partial charge in [0.15, 0.2) is 29.8 Å². The summed E-state index contributed by atoms with van der Waals surface area (Å²) in [7, 11) is 0. The number of carbonyl (C=O) groups is 3. The Morgan fingerprint density at radius 1 is 1.38 bits per heavy atom. The van der Waals surface area contributed by atoms with Crippen LogP contribution in [0.25, 0.3) is 0 Å². The van der Waals surface area contributed by atoms with E-state index >= 15 is 0 Å². The van der Waals surface area contributed by atoms with E-state index in [0.29, 0.717) is 10.7 Å². The number of hydrogen-bond donors (Lipinski definition) is 3. The number of oxime groups is 1. The number of carboxylic acid groups (broad SMARTS) is 1. The Balaban J connectivity index is 1.53. The molecule has 1 saturated heterocycles. The van der Waals surface area contributed by atoms with Crippen molar-refractivity contribution in [1.29, 1.82) is 0 Å². The summed E-state index contributed by atoms with van der Waals surface area (Å²) in [6.45, 7) is -3.02. The van der Waals surface area contributed by atoms with Crippen LogP contribution in [-0.2, 0) is 25.8 Å². The Bertz CT molecular complexity index is 1190. The number of nitrogens with two attached hydrogens (primary N) is 1. The topological polar surface area (TPSA) is 151 Å². The number of amides is 2. The van der Waals surface area contributed by atoms with Gasteiger partial charge in [-0.25, -0.2) is 14.3 Å². The molecule has 2 aromatic heterocycles. The monoisotopic (exact) mass is 511 g/mol. The molecule has 0 radical (unpaired) electrons. The molecule has 2 atom stereocenters. The molecule has 15 heteroatoms. The first-order valence-corrected chi connectivity index (χ1v) is 11.5. The van der Waals surface area contributed by atoms with Crippen molar-refractivity contribution in [1.82, 2.24) is 15.2 Å². The number of aromatic nitrogens is 2. The molecule has 0 aliphatic carbocycles. The van der Waals surface area contributed by atoms with Gasteiger partial charge < -0.3 is 21.0 Å². The molecule has 0 bridgehead atoms. The minimum Gasteiger partial charge on any atom is -0.477 e. The van der Waals surface area contributed by atoms with E-state index in [1.54, 1.807) is 29.1 Å². The van der Waals surface area contributed by atoms with E-state index in [-0.39, 0.29) is 23.1 Å². The number of nitrogen functional groups attached to an aromatic ring is 1. The second-order valence-corrected chi connectivity index (χ2v) is 9.04. The summed E-state index contributed by atoms with van der Waals surface area (Å²) < 4.78 is 26.7. The number of thiazole rings is 1. The van der Waals surface area contributed by atoms with Gasteiger partial charge in [0.25, 0.3) is 11.8 Å². The number of anilines is 1. The highest BCUT2D eigenvalue weighted by Crippen LogP contribution is 2.39. The highest BCUT2D eigenvalue weighted by molar-refractivity contribution is 8.03. The number of rotatable bonds is 8. The van der Waals surface area contributed by atoms with Crippen molar-refractivity contribution in [2.75, 3.05) is 11.5 Å². The number of carbonyl (C=O) groups excluding carboxylic acids is 2. The van der Waals surface area contributed by atoms with Crippen LogP contribution in [0.15, 0.2) is 51.7 Å². The van der Waals surface area contributed by atoms with Crippen LogP contribution in [0.1, 0.15) is 5.69 Å². The number of fused-ring (bicyclic) bond motifs is 1. The smallest absolute Gasteiger partial charge is 0.407 e. The first-order chi connectivity index (χ1) is 16.3. The van der Waals surface area contributed by atoms with Crippen LogP contribution in [0.4, 0.5) is 13.9 Å².